The molecular weight excluding hydrogens is 235 g/mol. The zero-order valence-corrected chi connectivity index (χ0v) is 10.1. The average molecular weight is 254 g/mol. The van der Waals surface area contributed by atoms with Crippen molar-refractivity contribution in [1.29, 1.82) is 0 Å². The smallest absolute Gasteiger partial charge is 0.247 e. The van der Waals surface area contributed by atoms with E-state index >= 15 is 0 Å². The van der Waals surface area contributed by atoms with Crippen LogP contribution in [-0.4, -0.2) is 18.4 Å². The monoisotopic (exact) mass is 254 g/mol. The summed E-state index contributed by atoms with van der Waals surface area (Å²) in [5.74, 6) is -1.09. The van der Waals surface area contributed by atoms with E-state index in [4.69, 9.17) is 0 Å². The van der Waals surface area contributed by atoms with Crippen LogP contribution in [-0.2, 0) is 9.59 Å². The van der Waals surface area contributed by atoms with E-state index in [-0.39, 0.29) is 27.0 Å². The Labute approximate surface area is 108 Å². The predicted molar refractivity (Wildman–Crippen MR) is 71.7 cm³/mol. The Morgan fingerprint density at radius 3 is 2.50 bits per heavy atom. The minimum atomic E-state index is -0.376. The Hall–Kier alpha value is -2.17. The van der Waals surface area contributed by atoms with Gasteiger partial charge in [-0.2, -0.15) is 0 Å². The predicted octanol–water partition coefficient (Wildman–Crippen LogP) is 2.34. The second kappa shape index (κ2) is 6.54. The Kier molecular flexibility index (Phi) is 5.05. The molecule has 1 rings (SSSR count). The standard InChI is InChI=1S/C13H15FN2O2.2H2/c1-3-9(2)13(18)15-8-12(17)16-11-6-4-10(14)5-7-11;;/h4-7H,2-3,8H2,1H3,(H,15,18)(H,16,17);2*1H. The topological polar surface area (TPSA) is 58.2 Å². The second-order valence-corrected chi connectivity index (χ2v) is 3.69. The molecule has 100 valence electrons. The summed E-state index contributed by atoms with van der Waals surface area (Å²) >= 11 is 0. The number of nitrogens with one attached hydrogen (secondary N) is 2. The van der Waals surface area contributed by atoms with Gasteiger partial charge in [-0.1, -0.05) is 13.5 Å². The maximum Gasteiger partial charge on any atom is 0.247 e. The lowest BCUT2D eigenvalue weighted by molar-refractivity contribution is -0.121. The third-order valence-corrected chi connectivity index (χ3v) is 2.29. The molecule has 0 atom stereocenters. The van der Waals surface area contributed by atoms with Gasteiger partial charge in [-0.15, -0.1) is 0 Å². The number of halogens is 1. The largest absolute Gasteiger partial charge is 0.343 e. The molecule has 1 aromatic rings. The highest BCUT2D eigenvalue weighted by molar-refractivity contribution is 5.98. The fourth-order valence-electron chi connectivity index (χ4n) is 1.18. The Bertz CT molecular complexity index is 464. The Morgan fingerprint density at radius 2 is 1.94 bits per heavy atom. The lowest BCUT2D eigenvalue weighted by Crippen LogP contribution is -2.33. The maximum absolute atomic E-state index is 12.6. The Morgan fingerprint density at radius 1 is 1.33 bits per heavy atom. The summed E-state index contributed by atoms with van der Waals surface area (Å²) in [4.78, 5) is 22.8. The fraction of sp³-hybridized carbons (Fsp3) is 0.231. The molecule has 18 heavy (non-hydrogen) atoms. The van der Waals surface area contributed by atoms with E-state index in [1.807, 2.05) is 0 Å². The van der Waals surface area contributed by atoms with Crippen LogP contribution in [0.5, 0.6) is 0 Å². The van der Waals surface area contributed by atoms with E-state index in [0.717, 1.165) is 0 Å². The zero-order chi connectivity index (χ0) is 13.5. The van der Waals surface area contributed by atoms with Gasteiger partial charge in [0.25, 0.3) is 0 Å². The molecule has 0 saturated heterocycles. The number of rotatable bonds is 5. The van der Waals surface area contributed by atoms with Gasteiger partial charge in [0.2, 0.25) is 11.8 Å². The molecule has 2 N–H and O–H groups in total. The van der Waals surface area contributed by atoms with Gasteiger partial charge >= 0.3 is 0 Å². The van der Waals surface area contributed by atoms with Crippen LogP contribution in [0.25, 0.3) is 0 Å². The summed E-state index contributed by atoms with van der Waals surface area (Å²) in [7, 11) is 0. The zero-order valence-electron chi connectivity index (χ0n) is 10.1. The van der Waals surface area contributed by atoms with Crippen molar-refractivity contribution < 1.29 is 16.8 Å². The molecule has 0 aliphatic heterocycles. The molecule has 0 aliphatic rings. The van der Waals surface area contributed by atoms with Crippen molar-refractivity contribution in [2.24, 2.45) is 0 Å². The number of benzene rings is 1. The molecule has 4 nitrogen and oxygen atoms in total. The molecule has 2 amide bonds. The van der Waals surface area contributed by atoms with Crippen LogP contribution in [0.4, 0.5) is 10.1 Å². The van der Waals surface area contributed by atoms with Crippen molar-refractivity contribution >= 4 is 17.5 Å². The van der Waals surface area contributed by atoms with Gasteiger partial charge in [0.1, 0.15) is 5.82 Å². The van der Waals surface area contributed by atoms with Crippen LogP contribution in [0.1, 0.15) is 16.2 Å². The molecule has 0 spiro atoms. The van der Waals surface area contributed by atoms with Gasteiger partial charge < -0.3 is 10.6 Å². The van der Waals surface area contributed by atoms with E-state index in [1.165, 1.54) is 24.3 Å². The first-order chi connectivity index (χ1) is 8.52. The quantitative estimate of drug-likeness (QED) is 0.792. The summed E-state index contributed by atoms with van der Waals surface area (Å²) in [5, 5.41) is 4.97. The summed E-state index contributed by atoms with van der Waals surface area (Å²) in [6.45, 7) is 5.22. The fourth-order valence-corrected chi connectivity index (χ4v) is 1.18. The van der Waals surface area contributed by atoms with Crippen molar-refractivity contribution in [3.63, 3.8) is 0 Å². The minimum Gasteiger partial charge on any atom is -0.343 e. The number of amides is 2. The van der Waals surface area contributed by atoms with Gasteiger partial charge in [-0.05, 0) is 30.7 Å². The van der Waals surface area contributed by atoms with Crippen LogP contribution < -0.4 is 10.6 Å². The molecule has 0 unspecified atom stereocenters. The third-order valence-electron chi connectivity index (χ3n) is 2.29. The first-order valence-electron chi connectivity index (χ1n) is 5.54. The van der Waals surface area contributed by atoms with Crippen LogP contribution in [0.15, 0.2) is 36.4 Å². The van der Waals surface area contributed by atoms with Crippen molar-refractivity contribution in [2.45, 2.75) is 13.3 Å². The highest BCUT2D eigenvalue weighted by Gasteiger charge is 2.07. The van der Waals surface area contributed by atoms with Crippen molar-refractivity contribution in [2.75, 3.05) is 11.9 Å². The first-order valence-corrected chi connectivity index (χ1v) is 5.54. The van der Waals surface area contributed by atoms with Gasteiger partial charge in [0, 0.05) is 14.1 Å². The molecule has 5 heteroatoms. The Balaban J connectivity index is 0. The number of carbonyl (C=O) groups excluding carboxylic acids is 2. The van der Waals surface area contributed by atoms with Crippen molar-refractivity contribution in [3.05, 3.63) is 42.2 Å². The first kappa shape index (κ1) is 13.9. The van der Waals surface area contributed by atoms with Gasteiger partial charge in [-0.3, -0.25) is 9.59 Å². The van der Waals surface area contributed by atoms with E-state index < -0.39 is 0 Å². The summed E-state index contributed by atoms with van der Waals surface area (Å²) < 4.78 is 12.6. The molecule has 0 heterocycles. The van der Waals surface area contributed by atoms with E-state index in [0.29, 0.717) is 17.7 Å². The highest BCUT2D eigenvalue weighted by atomic mass is 19.1. The van der Waals surface area contributed by atoms with Crippen molar-refractivity contribution in [3.8, 4) is 0 Å². The molecule has 0 aliphatic carbocycles. The SMILES string of the molecule is C=C(CC)C(=O)NCC(=O)Nc1ccc(F)cc1.[HH].[HH]. The van der Waals surface area contributed by atoms with Crippen LogP contribution in [0.3, 0.4) is 0 Å². The summed E-state index contributed by atoms with van der Waals surface area (Å²) in [6.07, 6.45) is 0.533. The van der Waals surface area contributed by atoms with E-state index in [9.17, 15) is 14.0 Å². The van der Waals surface area contributed by atoms with Gasteiger partial charge in [-0.25, -0.2) is 4.39 Å². The molecule has 1 aromatic carbocycles. The second-order valence-electron chi connectivity index (χ2n) is 3.69. The molecule has 0 radical (unpaired) electrons. The lowest BCUT2D eigenvalue weighted by Gasteiger charge is -2.07. The van der Waals surface area contributed by atoms with E-state index in [1.54, 1.807) is 6.92 Å². The molecule has 0 fully saturated rings. The van der Waals surface area contributed by atoms with Gasteiger partial charge in [0.05, 0.1) is 6.54 Å². The lowest BCUT2D eigenvalue weighted by atomic mass is 10.2. The normalized spacial score (nSPS) is 9.67. The highest BCUT2D eigenvalue weighted by Crippen LogP contribution is 2.07. The van der Waals surface area contributed by atoms with Crippen LogP contribution >= 0.6 is 0 Å². The number of carbonyl (C=O) groups is 2. The molecule has 0 aromatic heterocycles. The van der Waals surface area contributed by atoms with E-state index in [2.05, 4.69) is 17.2 Å². The number of hydrogen-bond acceptors (Lipinski definition) is 2. The minimum absolute atomic E-state index is 0. The molecule has 0 saturated carbocycles. The average Bonchev–Trinajstić information content (AvgIpc) is 2.37. The molecule has 0 bridgehead atoms. The number of anilines is 1. The van der Waals surface area contributed by atoms with Crippen LogP contribution in [0, 0.1) is 5.82 Å². The third kappa shape index (κ3) is 4.37. The summed E-state index contributed by atoms with van der Waals surface area (Å²) in [6, 6.07) is 5.38. The summed E-state index contributed by atoms with van der Waals surface area (Å²) in [5.41, 5.74) is 0.898. The molecular formula is C13H19FN2O2. The number of hydrogen-bond donors (Lipinski definition) is 2. The van der Waals surface area contributed by atoms with Gasteiger partial charge in [0.15, 0.2) is 0 Å². The maximum atomic E-state index is 12.6. The van der Waals surface area contributed by atoms with Crippen molar-refractivity contribution in [1.82, 2.24) is 5.32 Å². The van der Waals surface area contributed by atoms with Crippen LogP contribution in [0.2, 0.25) is 0 Å².